The smallest absolute Gasteiger partial charge is 0.191 e. The van der Waals surface area contributed by atoms with Crippen molar-refractivity contribution in [3.63, 3.8) is 0 Å². The van der Waals surface area contributed by atoms with Crippen molar-refractivity contribution in [2.24, 2.45) is 4.99 Å². The Morgan fingerprint density at radius 2 is 2.18 bits per heavy atom. The van der Waals surface area contributed by atoms with Gasteiger partial charge in [-0.1, -0.05) is 23.7 Å². The summed E-state index contributed by atoms with van der Waals surface area (Å²) in [5.74, 6) is 0.841. The van der Waals surface area contributed by atoms with Crippen LogP contribution in [0.5, 0.6) is 0 Å². The molecule has 2 heterocycles. The van der Waals surface area contributed by atoms with Crippen LogP contribution in [0.2, 0.25) is 5.15 Å². The van der Waals surface area contributed by atoms with Crippen molar-refractivity contribution in [3.05, 3.63) is 51.4 Å². The molecule has 0 atom stereocenters. The Morgan fingerprint density at radius 1 is 1.32 bits per heavy atom. The van der Waals surface area contributed by atoms with E-state index in [4.69, 9.17) is 11.6 Å². The molecule has 0 saturated heterocycles. The maximum Gasteiger partial charge on any atom is 0.191 e. The number of nitrogens with zero attached hydrogens (tertiary/aromatic N) is 2. The first-order chi connectivity index (χ1) is 10.3. The predicted molar refractivity (Wildman–Crippen MR) is 106 cm³/mol. The van der Waals surface area contributed by atoms with E-state index in [2.05, 4.69) is 39.0 Å². The zero-order valence-corrected chi connectivity index (χ0v) is 16.3. The second kappa shape index (κ2) is 10.8. The highest BCUT2D eigenvalue weighted by Gasteiger charge is 1.99. The third-order valence-corrected chi connectivity index (χ3v) is 3.90. The largest absolute Gasteiger partial charge is 0.357 e. The first kappa shape index (κ1) is 19.2. The molecule has 2 aromatic rings. The van der Waals surface area contributed by atoms with Crippen molar-refractivity contribution in [1.82, 2.24) is 15.6 Å². The molecule has 0 aliphatic rings. The molecule has 2 N–H and O–H groups in total. The van der Waals surface area contributed by atoms with E-state index in [1.165, 1.54) is 4.88 Å². The van der Waals surface area contributed by atoms with Crippen LogP contribution in [0.15, 0.2) is 40.8 Å². The molecule has 0 saturated carbocycles. The monoisotopic (exact) mass is 450 g/mol. The van der Waals surface area contributed by atoms with E-state index in [9.17, 15) is 0 Å². The third kappa shape index (κ3) is 6.93. The lowest BCUT2D eigenvalue weighted by Crippen LogP contribution is -2.38. The van der Waals surface area contributed by atoms with Crippen molar-refractivity contribution < 1.29 is 0 Å². The summed E-state index contributed by atoms with van der Waals surface area (Å²) in [5, 5.41) is 9.17. The molecule has 0 aliphatic heterocycles. The second-order valence-corrected chi connectivity index (χ2v) is 5.86. The van der Waals surface area contributed by atoms with Gasteiger partial charge in [0.2, 0.25) is 0 Å². The van der Waals surface area contributed by atoms with Crippen LogP contribution in [0.25, 0.3) is 0 Å². The number of rotatable bonds is 6. The number of hydrogen-bond donors (Lipinski definition) is 2. The van der Waals surface area contributed by atoms with E-state index in [1.54, 1.807) is 17.5 Å². The number of aliphatic imine (C=N–C) groups is 1. The zero-order valence-electron chi connectivity index (χ0n) is 12.4. The average Bonchev–Trinajstić information content (AvgIpc) is 3.00. The van der Waals surface area contributed by atoms with E-state index in [0.29, 0.717) is 11.7 Å². The normalized spacial score (nSPS) is 10.9. The van der Waals surface area contributed by atoms with E-state index < -0.39 is 0 Å². The van der Waals surface area contributed by atoms with Gasteiger partial charge in [-0.15, -0.1) is 35.3 Å². The van der Waals surface area contributed by atoms with Crippen LogP contribution in [-0.4, -0.2) is 24.0 Å². The van der Waals surface area contributed by atoms with Crippen molar-refractivity contribution in [1.29, 1.82) is 0 Å². The van der Waals surface area contributed by atoms with Crippen LogP contribution >= 0.6 is 46.9 Å². The van der Waals surface area contributed by atoms with Crippen LogP contribution in [0.3, 0.4) is 0 Å². The van der Waals surface area contributed by atoms with E-state index in [1.807, 2.05) is 18.2 Å². The molecular formula is C15H20ClIN4S. The summed E-state index contributed by atoms with van der Waals surface area (Å²) in [6.45, 7) is 4.42. The van der Waals surface area contributed by atoms with Gasteiger partial charge < -0.3 is 10.6 Å². The Hall–Kier alpha value is -0.860. The molecule has 0 unspecified atom stereocenters. The standard InChI is InChI=1S/C15H19ClN4S.HI/c1-2-17-15(20-11-13-4-3-9-21-13)18-8-7-12-5-6-14(16)19-10-12;/h3-6,9-10H,2,7-8,11H2,1H3,(H2,17,18,20);1H. The quantitative estimate of drug-likeness (QED) is 0.305. The molecule has 0 bridgehead atoms. The molecule has 0 fully saturated rings. The van der Waals surface area contributed by atoms with E-state index >= 15 is 0 Å². The third-order valence-electron chi connectivity index (χ3n) is 2.81. The lowest BCUT2D eigenvalue weighted by atomic mass is 10.2. The summed E-state index contributed by atoms with van der Waals surface area (Å²) in [6.07, 6.45) is 2.69. The van der Waals surface area contributed by atoms with Crippen LogP contribution in [0, 0.1) is 0 Å². The van der Waals surface area contributed by atoms with Gasteiger partial charge in [0.1, 0.15) is 5.15 Å². The Bertz CT molecular complexity index is 557. The first-order valence-corrected chi connectivity index (χ1v) is 8.18. The van der Waals surface area contributed by atoms with Crippen molar-refractivity contribution >= 4 is 52.9 Å². The van der Waals surface area contributed by atoms with E-state index in [0.717, 1.165) is 31.0 Å². The summed E-state index contributed by atoms with van der Waals surface area (Å²) in [7, 11) is 0. The van der Waals surface area contributed by atoms with Gasteiger partial charge in [0, 0.05) is 24.2 Å². The van der Waals surface area contributed by atoms with Gasteiger partial charge >= 0.3 is 0 Å². The van der Waals surface area contributed by atoms with Gasteiger partial charge in [-0.3, -0.25) is 0 Å². The summed E-state index contributed by atoms with van der Waals surface area (Å²) < 4.78 is 0. The molecule has 0 aromatic carbocycles. The highest BCUT2D eigenvalue weighted by Crippen LogP contribution is 2.09. The highest BCUT2D eigenvalue weighted by molar-refractivity contribution is 14.0. The van der Waals surface area contributed by atoms with Crippen LogP contribution in [-0.2, 0) is 13.0 Å². The molecule has 120 valence electrons. The molecule has 2 rings (SSSR count). The molecule has 0 spiro atoms. The fourth-order valence-electron chi connectivity index (χ4n) is 1.78. The molecule has 7 heteroatoms. The molecular weight excluding hydrogens is 431 g/mol. The number of nitrogens with one attached hydrogen (secondary N) is 2. The number of pyridine rings is 1. The lowest BCUT2D eigenvalue weighted by Gasteiger charge is -2.11. The highest BCUT2D eigenvalue weighted by atomic mass is 127. The van der Waals surface area contributed by atoms with Crippen LogP contribution in [0.4, 0.5) is 0 Å². The van der Waals surface area contributed by atoms with Crippen molar-refractivity contribution in [3.8, 4) is 0 Å². The number of hydrogen-bond acceptors (Lipinski definition) is 3. The molecule has 4 nitrogen and oxygen atoms in total. The minimum atomic E-state index is 0. The topological polar surface area (TPSA) is 49.3 Å². The Labute approximate surface area is 157 Å². The fourth-order valence-corrected chi connectivity index (χ4v) is 2.52. The summed E-state index contributed by atoms with van der Waals surface area (Å²) >= 11 is 7.49. The molecule has 2 aromatic heterocycles. The van der Waals surface area contributed by atoms with Gasteiger partial charge in [-0.2, -0.15) is 0 Å². The maximum absolute atomic E-state index is 5.77. The SMILES string of the molecule is CCNC(=NCc1cccs1)NCCc1ccc(Cl)nc1.I. The van der Waals surface area contributed by atoms with Crippen molar-refractivity contribution in [2.75, 3.05) is 13.1 Å². The minimum Gasteiger partial charge on any atom is -0.357 e. The van der Waals surface area contributed by atoms with Gasteiger partial charge in [0.15, 0.2) is 5.96 Å². The Kier molecular flexibility index (Phi) is 9.42. The van der Waals surface area contributed by atoms with Crippen LogP contribution in [0.1, 0.15) is 17.4 Å². The fraction of sp³-hybridized carbons (Fsp3) is 0.333. The number of aromatic nitrogens is 1. The molecule has 0 amide bonds. The minimum absolute atomic E-state index is 0. The summed E-state index contributed by atoms with van der Waals surface area (Å²) in [6, 6.07) is 7.94. The zero-order chi connectivity index (χ0) is 14.9. The predicted octanol–water partition coefficient (Wildman–Crippen LogP) is 3.71. The van der Waals surface area contributed by atoms with Crippen LogP contribution < -0.4 is 10.6 Å². The van der Waals surface area contributed by atoms with Gasteiger partial charge in [-0.25, -0.2) is 9.98 Å². The maximum atomic E-state index is 5.77. The second-order valence-electron chi connectivity index (χ2n) is 4.44. The summed E-state index contributed by atoms with van der Waals surface area (Å²) in [4.78, 5) is 9.90. The van der Waals surface area contributed by atoms with E-state index in [-0.39, 0.29) is 24.0 Å². The summed E-state index contributed by atoms with van der Waals surface area (Å²) in [5.41, 5.74) is 1.15. The lowest BCUT2D eigenvalue weighted by molar-refractivity contribution is 0.799. The van der Waals surface area contributed by atoms with Gasteiger partial charge in [-0.05, 0) is 36.4 Å². The molecule has 22 heavy (non-hydrogen) atoms. The Balaban J connectivity index is 0.00000242. The number of guanidine groups is 1. The van der Waals surface area contributed by atoms with Crippen molar-refractivity contribution in [2.45, 2.75) is 19.9 Å². The molecule has 0 aliphatic carbocycles. The van der Waals surface area contributed by atoms with Gasteiger partial charge in [0.25, 0.3) is 0 Å². The molecule has 0 radical (unpaired) electrons. The van der Waals surface area contributed by atoms with Gasteiger partial charge in [0.05, 0.1) is 6.54 Å². The first-order valence-electron chi connectivity index (χ1n) is 6.93. The number of halogens is 2. The average molecular weight is 451 g/mol. The Morgan fingerprint density at radius 3 is 2.82 bits per heavy atom. The number of thiophene rings is 1.